The van der Waals surface area contributed by atoms with Crippen LogP contribution in [0.5, 0.6) is 0 Å². The van der Waals surface area contributed by atoms with E-state index in [1.165, 1.54) is 22.0 Å². The van der Waals surface area contributed by atoms with Gasteiger partial charge in [0.25, 0.3) is 0 Å². The molecule has 1 aliphatic rings. The van der Waals surface area contributed by atoms with Crippen molar-refractivity contribution in [2.24, 2.45) is 0 Å². The lowest BCUT2D eigenvalue weighted by atomic mass is 10.00. The zero-order valence-corrected chi connectivity index (χ0v) is 11.1. The number of fused-ring (bicyclic) bond motifs is 1. The summed E-state index contributed by atoms with van der Waals surface area (Å²) in [6.45, 7) is 3.14. The fourth-order valence-corrected chi connectivity index (χ4v) is 2.80. The summed E-state index contributed by atoms with van der Waals surface area (Å²) in [4.78, 5) is 0. The molecular weight excluding hydrogens is 236 g/mol. The van der Waals surface area contributed by atoms with E-state index >= 15 is 0 Å². The molecule has 0 radical (unpaired) electrons. The second-order valence-corrected chi connectivity index (χ2v) is 5.01. The zero-order chi connectivity index (χ0) is 13.1. The molecule has 0 saturated heterocycles. The minimum absolute atomic E-state index is 0.245. The molecule has 1 aliphatic heterocycles. The first kappa shape index (κ1) is 12.5. The van der Waals surface area contributed by atoms with Gasteiger partial charge >= 0.3 is 0 Å². The highest BCUT2D eigenvalue weighted by molar-refractivity contribution is 5.93. The largest absolute Gasteiger partial charge is 0.396 e. The van der Waals surface area contributed by atoms with E-state index in [9.17, 15) is 0 Å². The number of hydrogen-bond acceptors (Lipinski definition) is 2. The molecule has 3 rings (SSSR count). The molecule has 0 amide bonds. The topological polar surface area (TPSA) is 37.2 Å². The minimum Gasteiger partial charge on any atom is -0.396 e. The van der Waals surface area contributed by atoms with Gasteiger partial charge in [0, 0.05) is 42.4 Å². The van der Waals surface area contributed by atoms with Crippen molar-refractivity contribution < 1.29 is 5.11 Å². The number of aromatic nitrogens is 1. The summed E-state index contributed by atoms with van der Waals surface area (Å²) in [5.74, 6) is 0. The van der Waals surface area contributed by atoms with E-state index in [4.69, 9.17) is 5.11 Å². The minimum atomic E-state index is 0.245. The molecule has 0 bridgehead atoms. The third-order valence-electron chi connectivity index (χ3n) is 3.76. The Balaban J connectivity index is 2.06. The van der Waals surface area contributed by atoms with Crippen LogP contribution in [0, 0.1) is 0 Å². The van der Waals surface area contributed by atoms with Crippen LogP contribution in [0.1, 0.15) is 18.4 Å². The Kier molecular flexibility index (Phi) is 3.67. The number of aliphatic hydroxyl groups excluding tert-OH is 1. The van der Waals surface area contributed by atoms with Crippen LogP contribution in [0.2, 0.25) is 0 Å². The van der Waals surface area contributed by atoms with Gasteiger partial charge in [0.1, 0.15) is 0 Å². The molecule has 3 heteroatoms. The Morgan fingerprint density at radius 2 is 2.16 bits per heavy atom. The van der Waals surface area contributed by atoms with Crippen LogP contribution in [-0.4, -0.2) is 29.4 Å². The van der Waals surface area contributed by atoms with Crippen molar-refractivity contribution >= 4 is 16.5 Å². The number of rotatable bonds is 4. The molecule has 2 aromatic rings. The number of aryl methyl sites for hydroxylation is 1. The van der Waals surface area contributed by atoms with E-state index in [1.54, 1.807) is 0 Å². The molecule has 100 valence electrons. The summed E-state index contributed by atoms with van der Waals surface area (Å²) in [6.07, 6.45) is 6.44. The number of para-hydroxylation sites is 1. The first-order valence-electron chi connectivity index (χ1n) is 6.99. The molecule has 19 heavy (non-hydrogen) atoms. The summed E-state index contributed by atoms with van der Waals surface area (Å²) >= 11 is 0. The van der Waals surface area contributed by atoms with Crippen LogP contribution in [0.15, 0.2) is 36.5 Å². The van der Waals surface area contributed by atoms with Crippen molar-refractivity contribution in [3.63, 3.8) is 0 Å². The van der Waals surface area contributed by atoms with Crippen LogP contribution < -0.4 is 5.32 Å². The van der Waals surface area contributed by atoms with E-state index in [-0.39, 0.29) is 6.61 Å². The highest BCUT2D eigenvalue weighted by Crippen LogP contribution is 2.29. The van der Waals surface area contributed by atoms with Crippen LogP contribution in [-0.2, 0) is 6.54 Å². The third kappa shape index (κ3) is 2.44. The molecule has 0 spiro atoms. The Bertz CT molecular complexity index is 598. The average Bonchev–Trinajstić information content (AvgIpc) is 2.85. The number of benzene rings is 1. The third-order valence-corrected chi connectivity index (χ3v) is 3.76. The predicted molar refractivity (Wildman–Crippen MR) is 79.1 cm³/mol. The van der Waals surface area contributed by atoms with Crippen LogP contribution in [0.3, 0.4) is 0 Å². The van der Waals surface area contributed by atoms with Crippen molar-refractivity contribution in [3.05, 3.63) is 42.1 Å². The fourth-order valence-electron chi connectivity index (χ4n) is 2.80. The predicted octanol–water partition coefficient (Wildman–Crippen LogP) is 2.40. The van der Waals surface area contributed by atoms with Crippen molar-refractivity contribution in [2.45, 2.75) is 19.4 Å². The summed E-state index contributed by atoms with van der Waals surface area (Å²) in [7, 11) is 0. The highest BCUT2D eigenvalue weighted by atomic mass is 16.3. The normalized spacial score (nSPS) is 15.7. The summed E-state index contributed by atoms with van der Waals surface area (Å²) in [5.41, 5.74) is 4.07. The first-order valence-corrected chi connectivity index (χ1v) is 6.99. The summed E-state index contributed by atoms with van der Waals surface area (Å²) in [6, 6.07) is 8.54. The van der Waals surface area contributed by atoms with Crippen molar-refractivity contribution in [1.82, 2.24) is 9.88 Å². The lowest BCUT2D eigenvalue weighted by Gasteiger charge is -2.13. The van der Waals surface area contributed by atoms with Crippen LogP contribution in [0.4, 0.5) is 0 Å². The van der Waals surface area contributed by atoms with Gasteiger partial charge in [-0.05, 0) is 31.0 Å². The fraction of sp³-hybridized carbons (Fsp3) is 0.375. The molecule has 1 aromatic carbocycles. The van der Waals surface area contributed by atoms with Gasteiger partial charge < -0.3 is 15.0 Å². The quantitative estimate of drug-likeness (QED) is 0.881. The smallest absolute Gasteiger partial charge is 0.0486 e. The Labute approximate surface area is 113 Å². The second kappa shape index (κ2) is 5.59. The lowest BCUT2D eigenvalue weighted by molar-refractivity contribution is 0.280. The first-order chi connectivity index (χ1) is 9.40. The molecule has 0 atom stereocenters. The average molecular weight is 256 g/mol. The number of nitrogens with one attached hydrogen (secondary N) is 1. The van der Waals surface area contributed by atoms with Gasteiger partial charge in [0.2, 0.25) is 0 Å². The molecule has 2 N–H and O–H groups in total. The molecule has 3 nitrogen and oxygen atoms in total. The maximum atomic E-state index is 9.02. The molecule has 0 aliphatic carbocycles. The molecule has 0 saturated carbocycles. The monoisotopic (exact) mass is 256 g/mol. The van der Waals surface area contributed by atoms with Crippen molar-refractivity contribution in [3.8, 4) is 0 Å². The van der Waals surface area contributed by atoms with Gasteiger partial charge in [-0.15, -0.1) is 0 Å². The van der Waals surface area contributed by atoms with E-state index < -0.39 is 0 Å². The zero-order valence-electron chi connectivity index (χ0n) is 11.1. The highest BCUT2D eigenvalue weighted by Gasteiger charge is 2.13. The molecule has 1 aromatic heterocycles. The van der Waals surface area contributed by atoms with E-state index in [2.05, 4.69) is 46.4 Å². The van der Waals surface area contributed by atoms with Gasteiger partial charge in [-0.25, -0.2) is 0 Å². The molecular formula is C16H20N2O. The number of hydrogen-bond donors (Lipinski definition) is 2. The Morgan fingerprint density at radius 1 is 1.26 bits per heavy atom. The van der Waals surface area contributed by atoms with Gasteiger partial charge in [-0.1, -0.05) is 24.3 Å². The maximum absolute atomic E-state index is 9.02. The van der Waals surface area contributed by atoms with Gasteiger partial charge in [-0.3, -0.25) is 0 Å². The Morgan fingerprint density at radius 3 is 2.95 bits per heavy atom. The standard InChI is InChI=1S/C16H20N2O/c19-11-3-10-18-12-15(13-6-8-17-9-7-13)14-4-1-2-5-16(14)18/h1-2,4-6,12,17,19H,3,7-11H2. The number of aliphatic hydroxyl groups is 1. The van der Waals surface area contributed by atoms with Gasteiger partial charge in [0.05, 0.1) is 0 Å². The molecule has 2 heterocycles. The summed E-state index contributed by atoms with van der Waals surface area (Å²) in [5, 5.41) is 13.7. The van der Waals surface area contributed by atoms with E-state index in [1.807, 2.05) is 0 Å². The Hall–Kier alpha value is -1.58. The second-order valence-electron chi connectivity index (χ2n) is 5.01. The van der Waals surface area contributed by atoms with Gasteiger partial charge in [-0.2, -0.15) is 0 Å². The molecule has 0 fully saturated rings. The number of nitrogens with zero attached hydrogens (tertiary/aromatic N) is 1. The van der Waals surface area contributed by atoms with Crippen LogP contribution >= 0.6 is 0 Å². The lowest BCUT2D eigenvalue weighted by Crippen LogP contribution is -2.19. The van der Waals surface area contributed by atoms with E-state index in [0.29, 0.717) is 0 Å². The maximum Gasteiger partial charge on any atom is 0.0486 e. The van der Waals surface area contributed by atoms with Crippen molar-refractivity contribution in [1.29, 1.82) is 0 Å². The summed E-state index contributed by atoms with van der Waals surface area (Å²) < 4.78 is 2.27. The van der Waals surface area contributed by atoms with Crippen LogP contribution in [0.25, 0.3) is 16.5 Å². The van der Waals surface area contributed by atoms with Gasteiger partial charge in [0.15, 0.2) is 0 Å². The SMILES string of the molecule is OCCCn1cc(C2=CCNCC2)c2ccccc21. The van der Waals surface area contributed by atoms with E-state index in [0.717, 1.165) is 32.5 Å². The molecule has 0 unspecified atom stereocenters. The van der Waals surface area contributed by atoms with Crippen molar-refractivity contribution in [2.75, 3.05) is 19.7 Å².